The van der Waals surface area contributed by atoms with Crippen LogP contribution < -0.4 is 10.6 Å². The van der Waals surface area contributed by atoms with Gasteiger partial charge in [-0.1, -0.05) is 44.9 Å². The van der Waals surface area contributed by atoms with E-state index in [1.54, 1.807) is 6.33 Å². The van der Waals surface area contributed by atoms with Gasteiger partial charge in [0.25, 0.3) is 0 Å². The molecule has 5 nitrogen and oxygen atoms in total. The highest BCUT2D eigenvalue weighted by Crippen LogP contribution is 2.55. The summed E-state index contributed by atoms with van der Waals surface area (Å²) in [4.78, 5) is 19.7. The average molecular weight is 415 g/mol. The van der Waals surface area contributed by atoms with E-state index in [9.17, 15) is 4.79 Å². The lowest BCUT2D eigenvalue weighted by Crippen LogP contribution is -2.61. The van der Waals surface area contributed by atoms with E-state index in [0.717, 1.165) is 37.1 Å². The first-order valence-corrected chi connectivity index (χ1v) is 12.7. The van der Waals surface area contributed by atoms with E-state index in [4.69, 9.17) is 0 Å². The molecule has 4 aliphatic rings. The number of unbranched alkanes of at least 4 members (excludes halogenated alkanes) is 8. The lowest BCUT2D eigenvalue weighted by atomic mass is 9.53. The van der Waals surface area contributed by atoms with Crippen LogP contribution in [0.1, 0.15) is 102 Å². The highest BCUT2D eigenvalue weighted by Gasteiger charge is 2.51. The molecule has 1 heterocycles. The lowest BCUT2D eigenvalue weighted by Gasteiger charge is -2.56. The van der Waals surface area contributed by atoms with Gasteiger partial charge < -0.3 is 15.6 Å². The van der Waals surface area contributed by atoms with Crippen LogP contribution in [0.5, 0.6) is 0 Å². The highest BCUT2D eigenvalue weighted by atomic mass is 16.2. The first kappa shape index (κ1) is 21.7. The normalized spacial score (nSPS) is 29.3. The maximum Gasteiger partial charge on any atom is 0.315 e. The molecule has 0 aromatic carbocycles. The zero-order chi connectivity index (χ0) is 20.7. The number of aromatic amines is 1. The first-order chi connectivity index (χ1) is 14.7. The van der Waals surface area contributed by atoms with Gasteiger partial charge in [0.15, 0.2) is 0 Å². The van der Waals surface area contributed by atoms with E-state index >= 15 is 0 Å². The Morgan fingerprint density at radius 3 is 2.03 bits per heavy atom. The molecule has 1 aromatic heterocycles. The molecular formula is C25H42N4O. The van der Waals surface area contributed by atoms with Crippen LogP contribution in [0, 0.1) is 17.8 Å². The molecule has 4 aliphatic carbocycles. The fraction of sp³-hybridized carbons (Fsp3) is 0.840. The third-order valence-corrected chi connectivity index (χ3v) is 7.88. The summed E-state index contributed by atoms with van der Waals surface area (Å²) in [5.74, 6) is 2.65. The van der Waals surface area contributed by atoms with Gasteiger partial charge in [-0.15, -0.1) is 0 Å². The van der Waals surface area contributed by atoms with Gasteiger partial charge in [0.1, 0.15) is 0 Å². The summed E-state index contributed by atoms with van der Waals surface area (Å²) in [6, 6.07) is 0.0899. The van der Waals surface area contributed by atoms with Crippen molar-refractivity contribution < 1.29 is 4.79 Å². The maximum atomic E-state index is 12.4. The summed E-state index contributed by atoms with van der Waals surface area (Å²) in [5.41, 5.74) is 1.40. The number of hydrogen-bond donors (Lipinski definition) is 3. The number of carbonyl (C=O) groups excluding carboxylic acids is 1. The van der Waals surface area contributed by atoms with Crippen LogP contribution in [0.15, 0.2) is 12.5 Å². The Labute approximate surface area is 182 Å². The highest BCUT2D eigenvalue weighted by molar-refractivity contribution is 5.74. The molecule has 0 saturated heterocycles. The van der Waals surface area contributed by atoms with Gasteiger partial charge >= 0.3 is 6.03 Å². The standard InChI is InChI=1S/C25H42N4O/c30-24(29-25-15-20-12-21(16-25)14-22(13-20)17-25)27-11-9-7-5-3-1-2-4-6-8-10-23-18-26-19-28-23/h18-22H,1-17H2,(H,26,28)(H2,27,29,30). The Morgan fingerprint density at radius 1 is 0.900 bits per heavy atom. The van der Waals surface area contributed by atoms with Gasteiger partial charge in [0.05, 0.1) is 6.33 Å². The molecule has 1 aromatic rings. The maximum absolute atomic E-state index is 12.4. The van der Waals surface area contributed by atoms with E-state index in [1.165, 1.54) is 95.6 Å². The first-order valence-electron chi connectivity index (χ1n) is 12.7. The second kappa shape index (κ2) is 10.7. The van der Waals surface area contributed by atoms with Crippen molar-refractivity contribution in [3.8, 4) is 0 Å². The third-order valence-electron chi connectivity index (χ3n) is 7.88. The molecule has 30 heavy (non-hydrogen) atoms. The number of H-pyrrole nitrogens is 1. The Balaban J connectivity index is 0.956. The molecule has 0 atom stereocenters. The Kier molecular flexibility index (Phi) is 7.72. The minimum absolute atomic E-state index is 0.0899. The van der Waals surface area contributed by atoms with Gasteiger partial charge in [0, 0.05) is 24.0 Å². The summed E-state index contributed by atoms with van der Waals surface area (Å²) in [6.07, 6.45) is 24.4. The zero-order valence-corrected chi connectivity index (χ0v) is 18.8. The molecule has 5 rings (SSSR count). The molecule has 0 unspecified atom stereocenters. The number of aryl methyl sites for hydroxylation is 1. The number of rotatable bonds is 13. The predicted molar refractivity (Wildman–Crippen MR) is 121 cm³/mol. The summed E-state index contributed by atoms with van der Waals surface area (Å²) in [5, 5.41) is 6.55. The fourth-order valence-corrected chi connectivity index (χ4v) is 6.85. The zero-order valence-electron chi connectivity index (χ0n) is 18.8. The minimum atomic E-state index is 0.0899. The molecule has 4 saturated carbocycles. The van der Waals surface area contributed by atoms with Gasteiger partial charge in [0.2, 0.25) is 0 Å². The Bertz CT molecular complexity index is 606. The van der Waals surface area contributed by atoms with E-state index in [2.05, 4.69) is 20.6 Å². The summed E-state index contributed by atoms with van der Waals surface area (Å²) in [7, 11) is 0. The molecule has 3 N–H and O–H groups in total. The Hall–Kier alpha value is -1.52. The molecule has 5 heteroatoms. The molecule has 0 spiro atoms. The second-order valence-electron chi connectivity index (χ2n) is 10.6. The van der Waals surface area contributed by atoms with E-state index < -0.39 is 0 Å². The van der Waals surface area contributed by atoms with Crippen LogP contribution in [0.4, 0.5) is 4.79 Å². The average Bonchev–Trinajstić information content (AvgIpc) is 3.21. The van der Waals surface area contributed by atoms with Crippen molar-refractivity contribution in [1.29, 1.82) is 0 Å². The molecular weight excluding hydrogens is 372 g/mol. The van der Waals surface area contributed by atoms with Crippen molar-refractivity contribution in [2.24, 2.45) is 17.8 Å². The van der Waals surface area contributed by atoms with E-state index in [1.807, 2.05) is 6.20 Å². The van der Waals surface area contributed by atoms with Crippen molar-refractivity contribution in [3.63, 3.8) is 0 Å². The van der Waals surface area contributed by atoms with Gasteiger partial charge in [-0.3, -0.25) is 0 Å². The topological polar surface area (TPSA) is 69.8 Å². The summed E-state index contributed by atoms with van der Waals surface area (Å²) >= 11 is 0. The van der Waals surface area contributed by atoms with Crippen LogP contribution in [-0.4, -0.2) is 28.1 Å². The number of aromatic nitrogens is 2. The number of urea groups is 1. The minimum Gasteiger partial charge on any atom is -0.348 e. The van der Waals surface area contributed by atoms with Crippen molar-refractivity contribution >= 4 is 6.03 Å². The number of nitrogens with one attached hydrogen (secondary N) is 3. The third kappa shape index (κ3) is 6.24. The second-order valence-corrected chi connectivity index (χ2v) is 10.6. The fourth-order valence-electron chi connectivity index (χ4n) is 6.85. The van der Waals surface area contributed by atoms with Crippen molar-refractivity contribution in [2.75, 3.05) is 6.54 Å². The van der Waals surface area contributed by atoms with Crippen LogP contribution in [0.2, 0.25) is 0 Å². The van der Waals surface area contributed by atoms with Crippen LogP contribution in [-0.2, 0) is 6.42 Å². The molecule has 2 amide bonds. The summed E-state index contributed by atoms with van der Waals surface area (Å²) in [6.45, 7) is 0.825. The van der Waals surface area contributed by atoms with Crippen LogP contribution >= 0.6 is 0 Å². The van der Waals surface area contributed by atoms with Crippen molar-refractivity contribution in [2.45, 2.75) is 108 Å². The van der Waals surface area contributed by atoms with Gasteiger partial charge in [-0.05, 0) is 75.5 Å². The quantitative estimate of drug-likeness (QED) is 0.361. The van der Waals surface area contributed by atoms with E-state index in [-0.39, 0.29) is 11.6 Å². The number of hydrogen-bond acceptors (Lipinski definition) is 2. The molecule has 0 aliphatic heterocycles. The number of amides is 2. The molecule has 0 radical (unpaired) electrons. The van der Waals surface area contributed by atoms with Crippen LogP contribution in [0.3, 0.4) is 0 Å². The SMILES string of the molecule is O=C(NCCCCCCCCCCCc1cnc[nH]1)NC12CC3CC(CC(C3)C1)C2. The number of nitrogens with zero attached hydrogens (tertiary/aromatic N) is 1. The van der Waals surface area contributed by atoms with E-state index in [0.29, 0.717) is 0 Å². The van der Waals surface area contributed by atoms with Gasteiger partial charge in [-0.25, -0.2) is 9.78 Å². The van der Waals surface area contributed by atoms with Crippen LogP contribution in [0.25, 0.3) is 0 Å². The molecule has 4 bridgehead atoms. The summed E-state index contributed by atoms with van der Waals surface area (Å²) < 4.78 is 0. The lowest BCUT2D eigenvalue weighted by molar-refractivity contribution is -0.0135. The number of imidazole rings is 1. The molecule has 168 valence electrons. The Morgan fingerprint density at radius 2 is 1.47 bits per heavy atom. The predicted octanol–water partition coefficient (Wildman–Crippen LogP) is 5.73. The molecule has 4 fully saturated rings. The number of carbonyl (C=O) groups is 1. The monoisotopic (exact) mass is 414 g/mol. The smallest absolute Gasteiger partial charge is 0.315 e. The van der Waals surface area contributed by atoms with Gasteiger partial charge in [-0.2, -0.15) is 0 Å². The van der Waals surface area contributed by atoms with Crippen molar-refractivity contribution in [1.82, 2.24) is 20.6 Å². The largest absolute Gasteiger partial charge is 0.348 e. The van der Waals surface area contributed by atoms with Crippen molar-refractivity contribution in [3.05, 3.63) is 18.2 Å².